The first kappa shape index (κ1) is 33.5. The Morgan fingerprint density at radius 2 is 1.73 bits per heavy atom. The van der Waals surface area contributed by atoms with E-state index in [4.69, 9.17) is 37.7 Å². The van der Waals surface area contributed by atoms with E-state index < -0.39 is 17.2 Å². The lowest BCUT2D eigenvalue weighted by atomic mass is 9.99. The van der Waals surface area contributed by atoms with Crippen LogP contribution in [0.4, 0.5) is 5.69 Å². The highest BCUT2D eigenvalue weighted by Gasteiger charge is 2.38. The van der Waals surface area contributed by atoms with Gasteiger partial charge in [0.05, 0.1) is 41.1 Å². The van der Waals surface area contributed by atoms with Crippen LogP contribution in [0.3, 0.4) is 0 Å². The van der Waals surface area contributed by atoms with E-state index in [-0.39, 0.29) is 34.2 Å². The van der Waals surface area contributed by atoms with Crippen LogP contribution in [0.2, 0.25) is 10.0 Å². The maximum atomic E-state index is 13.1. The summed E-state index contributed by atoms with van der Waals surface area (Å²) in [6.07, 6.45) is 3.68. The summed E-state index contributed by atoms with van der Waals surface area (Å²) >= 11 is 13.9. The number of fused-ring (bicyclic) bond motifs is 1. The Morgan fingerprint density at radius 3 is 2.46 bits per heavy atom. The number of methoxy groups -OCH3 is 1. The number of likely N-dealkylation sites (tertiary alicyclic amines) is 1. The molecule has 3 heterocycles. The van der Waals surface area contributed by atoms with Crippen molar-refractivity contribution in [3.8, 4) is 28.3 Å². The Hall–Kier alpha value is -4.45. The SMILES string of the molecule is CCOC(=O)[C@H]1CCN([C@@H]2CCc3cc(-c4cccc(-c5cccc(NC(=O)c6cn(C)c(=O)n(C)c6=O)c5Cl)c4Cl)nc(OC)c32)C1. The summed E-state index contributed by atoms with van der Waals surface area (Å²) in [6.45, 7) is 3.64. The minimum Gasteiger partial charge on any atom is -0.481 e. The molecule has 2 atom stereocenters. The first-order valence-electron chi connectivity index (χ1n) is 15.7. The fraction of sp³-hybridized carbons (Fsp3) is 0.343. The normalized spacial score (nSPS) is 17.3. The molecule has 2 aliphatic rings. The lowest BCUT2D eigenvalue weighted by Gasteiger charge is -2.25. The highest BCUT2D eigenvalue weighted by molar-refractivity contribution is 6.39. The number of nitrogens with one attached hydrogen (secondary N) is 1. The maximum absolute atomic E-state index is 13.1. The number of nitrogens with zero attached hydrogens (tertiary/aromatic N) is 4. The van der Waals surface area contributed by atoms with Crippen LogP contribution in [0.25, 0.3) is 22.4 Å². The molecule has 1 saturated heterocycles. The van der Waals surface area contributed by atoms with Crippen LogP contribution < -0.4 is 21.3 Å². The molecule has 4 aromatic rings. The molecule has 2 aromatic heterocycles. The molecule has 250 valence electrons. The van der Waals surface area contributed by atoms with Crippen molar-refractivity contribution < 1.29 is 19.1 Å². The smallest absolute Gasteiger partial charge is 0.330 e. The highest BCUT2D eigenvalue weighted by Crippen LogP contribution is 2.46. The number of carbonyl (C=O) groups excluding carboxylic acids is 2. The van der Waals surface area contributed by atoms with Crippen LogP contribution in [0, 0.1) is 5.92 Å². The predicted molar refractivity (Wildman–Crippen MR) is 184 cm³/mol. The van der Waals surface area contributed by atoms with Crippen molar-refractivity contribution in [2.24, 2.45) is 20.0 Å². The van der Waals surface area contributed by atoms with E-state index in [9.17, 15) is 19.2 Å². The molecule has 13 heteroatoms. The van der Waals surface area contributed by atoms with Crippen molar-refractivity contribution >= 4 is 40.8 Å². The van der Waals surface area contributed by atoms with Crippen LogP contribution in [0.1, 0.15) is 47.3 Å². The molecule has 6 rings (SSSR count). The summed E-state index contributed by atoms with van der Waals surface area (Å²) in [4.78, 5) is 57.4. The van der Waals surface area contributed by atoms with E-state index in [0.29, 0.717) is 46.4 Å². The summed E-state index contributed by atoms with van der Waals surface area (Å²) in [7, 11) is 4.38. The molecular formula is C35H35Cl2N5O6. The molecule has 1 aliphatic heterocycles. The number of pyridine rings is 1. The van der Waals surface area contributed by atoms with Crippen molar-refractivity contribution in [1.29, 1.82) is 0 Å². The second-order valence-electron chi connectivity index (χ2n) is 12.0. The van der Waals surface area contributed by atoms with Gasteiger partial charge in [-0.2, -0.15) is 0 Å². The van der Waals surface area contributed by atoms with Crippen molar-refractivity contribution in [2.45, 2.75) is 32.2 Å². The fourth-order valence-corrected chi connectivity index (χ4v) is 7.29. The number of ether oxygens (including phenoxy) is 2. The van der Waals surface area contributed by atoms with Crippen molar-refractivity contribution in [2.75, 3.05) is 32.1 Å². The number of halogens is 2. The summed E-state index contributed by atoms with van der Waals surface area (Å²) in [5.74, 6) is -0.453. The molecule has 0 spiro atoms. The number of aryl methyl sites for hydroxylation is 2. The van der Waals surface area contributed by atoms with E-state index in [1.807, 2.05) is 31.2 Å². The minimum absolute atomic E-state index is 0.0930. The number of rotatable bonds is 8. The number of anilines is 1. The highest BCUT2D eigenvalue weighted by atomic mass is 35.5. The maximum Gasteiger partial charge on any atom is 0.330 e. The summed E-state index contributed by atoms with van der Waals surface area (Å²) < 4.78 is 13.1. The zero-order valence-electron chi connectivity index (χ0n) is 27.0. The predicted octanol–water partition coefficient (Wildman–Crippen LogP) is 5.25. The van der Waals surface area contributed by atoms with E-state index in [1.54, 1.807) is 25.3 Å². The summed E-state index contributed by atoms with van der Waals surface area (Å²) in [5.41, 5.74) is 3.48. The fourth-order valence-electron chi connectivity index (χ4n) is 6.69. The monoisotopic (exact) mass is 691 g/mol. The van der Waals surface area contributed by atoms with Gasteiger partial charge in [-0.15, -0.1) is 0 Å². The second-order valence-corrected chi connectivity index (χ2v) is 12.7. The van der Waals surface area contributed by atoms with E-state index in [1.165, 1.54) is 20.3 Å². The molecule has 1 aliphatic carbocycles. The molecule has 0 radical (unpaired) electrons. The quantitative estimate of drug-likeness (QED) is 0.249. The average molecular weight is 693 g/mol. The molecule has 1 N–H and O–H groups in total. The zero-order chi connectivity index (χ0) is 34.3. The number of benzene rings is 2. The van der Waals surface area contributed by atoms with Gasteiger partial charge in [-0.1, -0.05) is 53.5 Å². The van der Waals surface area contributed by atoms with Gasteiger partial charge >= 0.3 is 11.7 Å². The zero-order valence-corrected chi connectivity index (χ0v) is 28.5. The third kappa shape index (κ3) is 6.02. The van der Waals surface area contributed by atoms with Gasteiger partial charge in [0.25, 0.3) is 11.5 Å². The largest absolute Gasteiger partial charge is 0.481 e. The third-order valence-electron chi connectivity index (χ3n) is 9.11. The number of carbonyl (C=O) groups is 2. The van der Waals surface area contributed by atoms with Crippen LogP contribution in [0.15, 0.2) is 58.3 Å². The summed E-state index contributed by atoms with van der Waals surface area (Å²) in [5, 5.41) is 3.34. The number of amides is 1. The van der Waals surface area contributed by atoms with Crippen LogP contribution in [-0.4, -0.2) is 57.7 Å². The molecule has 1 fully saturated rings. The topological polar surface area (TPSA) is 125 Å². The molecule has 1 amide bonds. The van der Waals surface area contributed by atoms with E-state index >= 15 is 0 Å². The Morgan fingerprint density at radius 1 is 1.02 bits per heavy atom. The van der Waals surface area contributed by atoms with Crippen LogP contribution in [-0.2, 0) is 30.0 Å². The average Bonchev–Trinajstić information content (AvgIpc) is 3.74. The Labute approximate surface area is 287 Å². The van der Waals surface area contributed by atoms with Gasteiger partial charge in [0.15, 0.2) is 0 Å². The molecule has 48 heavy (non-hydrogen) atoms. The first-order chi connectivity index (χ1) is 23.0. The number of aromatic nitrogens is 3. The molecule has 11 nitrogen and oxygen atoms in total. The first-order valence-corrected chi connectivity index (χ1v) is 16.4. The van der Waals surface area contributed by atoms with Gasteiger partial charge in [0.1, 0.15) is 5.56 Å². The molecule has 0 saturated carbocycles. The molecule has 0 unspecified atom stereocenters. The Kier molecular flexibility index (Phi) is 9.46. The molecule has 2 aromatic carbocycles. The van der Waals surface area contributed by atoms with Crippen LogP contribution in [0.5, 0.6) is 5.88 Å². The van der Waals surface area contributed by atoms with Crippen molar-refractivity contribution in [3.63, 3.8) is 0 Å². The third-order valence-corrected chi connectivity index (χ3v) is 9.92. The van der Waals surface area contributed by atoms with E-state index in [2.05, 4.69) is 10.2 Å². The number of esters is 1. The lowest BCUT2D eigenvalue weighted by molar-refractivity contribution is -0.147. The Balaban J connectivity index is 1.30. The van der Waals surface area contributed by atoms with Crippen LogP contribution >= 0.6 is 23.2 Å². The van der Waals surface area contributed by atoms with Gasteiger partial charge in [0, 0.05) is 55.1 Å². The second kappa shape index (κ2) is 13.6. The van der Waals surface area contributed by atoms with Gasteiger partial charge in [-0.05, 0) is 50.4 Å². The molecular weight excluding hydrogens is 657 g/mol. The standard InChI is InChI=1S/C35H35Cl2N5O6/c1-5-48-34(45)20-14-15-42(17-20)27-13-12-19-16-26(39-32(47-4)28(19)27)23-10-6-8-21(29(23)36)22-9-7-11-25(30(22)37)38-31(43)24-18-40(2)35(46)41(3)33(24)44/h6-11,16,18,20,27H,5,12-15,17H2,1-4H3,(H,38,43)/t20-,27+/m0/s1. The minimum atomic E-state index is -0.719. The molecule has 0 bridgehead atoms. The van der Waals surface area contributed by atoms with Crippen molar-refractivity contribution in [3.05, 3.63) is 96.2 Å². The van der Waals surface area contributed by atoms with Gasteiger partial charge < -0.3 is 19.4 Å². The lowest BCUT2D eigenvalue weighted by Crippen LogP contribution is -2.40. The Bertz CT molecular complexity index is 2060. The number of hydrogen-bond acceptors (Lipinski definition) is 8. The van der Waals surface area contributed by atoms with Gasteiger partial charge in [-0.25, -0.2) is 9.78 Å². The van der Waals surface area contributed by atoms with Gasteiger partial charge in [0.2, 0.25) is 5.88 Å². The van der Waals surface area contributed by atoms with Gasteiger partial charge in [-0.3, -0.25) is 23.9 Å². The van der Waals surface area contributed by atoms with E-state index in [0.717, 1.165) is 46.1 Å². The summed E-state index contributed by atoms with van der Waals surface area (Å²) in [6, 6.07) is 12.8. The number of hydrogen-bond donors (Lipinski definition) is 1. The van der Waals surface area contributed by atoms with Crippen molar-refractivity contribution in [1.82, 2.24) is 19.0 Å².